The van der Waals surface area contributed by atoms with Gasteiger partial charge in [0.15, 0.2) is 5.11 Å². The highest BCUT2D eigenvalue weighted by molar-refractivity contribution is 7.81. The number of amides is 2. The zero-order chi connectivity index (χ0) is 24.1. The van der Waals surface area contributed by atoms with E-state index in [0.29, 0.717) is 28.4 Å². The summed E-state index contributed by atoms with van der Waals surface area (Å²) in [5.41, 5.74) is 1.63. The van der Waals surface area contributed by atoms with Gasteiger partial charge in [-0.25, -0.2) is 0 Å². The van der Waals surface area contributed by atoms with Crippen LogP contribution >= 0.6 is 12.2 Å². The summed E-state index contributed by atoms with van der Waals surface area (Å²) in [5.74, 6) is 0.0104. The maximum absolute atomic E-state index is 13.6. The van der Waals surface area contributed by atoms with Crippen LogP contribution in [0.1, 0.15) is 5.56 Å². The number of ether oxygens (including phenoxy) is 2. The Hall–Kier alpha value is -4.23. The topological polar surface area (TPSA) is 59.1 Å². The third-order valence-electron chi connectivity index (χ3n) is 5.16. The van der Waals surface area contributed by atoms with Crippen molar-refractivity contribution in [3.05, 3.63) is 103 Å². The predicted molar refractivity (Wildman–Crippen MR) is 137 cm³/mol. The SMILES string of the molecule is C=CCOc1cc(OC)ccc1C=C1C(=O)N(c2ccccc2)C(=S)N(c2ccccc2)C1=O. The fourth-order valence-electron chi connectivity index (χ4n) is 3.53. The number of para-hydroxylation sites is 2. The molecule has 1 fully saturated rings. The molecule has 0 aliphatic carbocycles. The van der Waals surface area contributed by atoms with Crippen molar-refractivity contribution >= 4 is 46.6 Å². The molecule has 1 aliphatic heterocycles. The average Bonchev–Trinajstić information content (AvgIpc) is 2.87. The minimum atomic E-state index is -0.515. The van der Waals surface area contributed by atoms with Crippen LogP contribution < -0.4 is 19.3 Å². The second-order valence-corrected chi connectivity index (χ2v) is 7.66. The zero-order valence-electron chi connectivity index (χ0n) is 18.5. The Labute approximate surface area is 203 Å². The van der Waals surface area contributed by atoms with Crippen LogP contribution in [0.15, 0.2) is 97.1 Å². The first-order valence-corrected chi connectivity index (χ1v) is 10.9. The molecule has 0 bridgehead atoms. The molecule has 1 aliphatic rings. The average molecular weight is 471 g/mol. The van der Waals surface area contributed by atoms with Crippen LogP contribution in [-0.4, -0.2) is 30.6 Å². The number of nitrogens with zero attached hydrogens (tertiary/aromatic N) is 2. The van der Waals surface area contributed by atoms with Gasteiger partial charge in [0.25, 0.3) is 11.8 Å². The Morgan fingerprint density at radius 1 is 0.882 bits per heavy atom. The van der Waals surface area contributed by atoms with Gasteiger partial charge in [0.2, 0.25) is 0 Å². The van der Waals surface area contributed by atoms with Crippen molar-refractivity contribution in [1.29, 1.82) is 0 Å². The highest BCUT2D eigenvalue weighted by Gasteiger charge is 2.41. The van der Waals surface area contributed by atoms with Crippen molar-refractivity contribution in [3.8, 4) is 11.5 Å². The molecule has 7 heteroatoms. The van der Waals surface area contributed by atoms with Gasteiger partial charge in [-0.1, -0.05) is 49.1 Å². The lowest BCUT2D eigenvalue weighted by Gasteiger charge is -2.36. The van der Waals surface area contributed by atoms with Gasteiger partial charge in [0.05, 0.1) is 18.5 Å². The number of thiocarbonyl (C=S) groups is 1. The second-order valence-electron chi connectivity index (χ2n) is 7.30. The Balaban J connectivity index is 1.86. The lowest BCUT2D eigenvalue weighted by atomic mass is 10.0. The van der Waals surface area contributed by atoms with Gasteiger partial charge in [0, 0.05) is 11.6 Å². The molecule has 34 heavy (non-hydrogen) atoms. The number of hydrogen-bond acceptors (Lipinski definition) is 5. The van der Waals surface area contributed by atoms with E-state index in [1.807, 2.05) is 36.4 Å². The number of carbonyl (C=O) groups is 2. The third-order valence-corrected chi connectivity index (χ3v) is 5.52. The van der Waals surface area contributed by atoms with Crippen molar-refractivity contribution in [2.45, 2.75) is 0 Å². The number of anilines is 2. The van der Waals surface area contributed by atoms with E-state index in [4.69, 9.17) is 21.7 Å². The minimum absolute atomic E-state index is 0.0464. The van der Waals surface area contributed by atoms with E-state index in [1.54, 1.807) is 55.7 Å². The Kier molecular flexibility index (Phi) is 6.85. The van der Waals surface area contributed by atoms with Gasteiger partial charge in [-0.2, -0.15) is 0 Å². The molecule has 0 saturated carbocycles. The van der Waals surface area contributed by atoms with Gasteiger partial charge >= 0.3 is 0 Å². The molecular formula is C27H22N2O4S. The van der Waals surface area contributed by atoms with Gasteiger partial charge < -0.3 is 9.47 Å². The van der Waals surface area contributed by atoms with E-state index in [1.165, 1.54) is 15.9 Å². The molecule has 4 rings (SSSR count). The summed E-state index contributed by atoms with van der Waals surface area (Å²) in [4.78, 5) is 30.0. The van der Waals surface area contributed by atoms with Crippen LogP contribution in [0.2, 0.25) is 0 Å². The summed E-state index contributed by atoms with van der Waals surface area (Å²) in [6.45, 7) is 3.93. The molecule has 2 amide bonds. The fraction of sp³-hybridized carbons (Fsp3) is 0.0741. The third kappa shape index (κ3) is 4.46. The molecule has 0 aromatic heterocycles. The first-order valence-electron chi connectivity index (χ1n) is 10.5. The van der Waals surface area contributed by atoms with Gasteiger partial charge in [0.1, 0.15) is 23.7 Å². The maximum atomic E-state index is 13.6. The normalized spacial score (nSPS) is 13.7. The molecule has 3 aromatic rings. The van der Waals surface area contributed by atoms with Crippen LogP contribution in [0.25, 0.3) is 6.08 Å². The maximum Gasteiger partial charge on any atom is 0.270 e. The van der Waals surface area contributed by atoms with Crippen LogP contribution in [0.5, 0.6) is 11.5 Å². The molecule has 0 atom stereocenters. The van der Waals surface area contributed by atoms with E-state index in [0.717, 1.165) is 0 Å². The Bertz CT molecular complexity index is 1210. The monoisotopic (exact) mass is 470 g/mol. The number of benzene rings is 3. The first kappa shape index (κ1) is 22.9. The smallest absolute Gasteiger partial charge is 0.270 e. The summed E-state index contributed by atoms with van der Waals surface area (Å²) in [7, 11) is 1.55. The molecule has 3 aromatic carbocycles. The lowest BCUT2D eigenvalue weighted by molar-refractivity contribution is -0.120. The fourth-order valence-corrected chi connectivity index (χ4v) is 3.91. The van der Waals surface area contributed by atoms with Gasteiger partial charge in [-0.3, -0.25) is 19.4 Å². The van der Waals surface area contributed by atoms with Crippen LogP contribution in [0.3, 0.4) is 0 Å². The summed E-state index contributed by atoms with van der Waals surface area (Å²) >= 11 is 5.63. The molecule has 170 valence electrons. The van der Waals surface area contributed by atoms with Crippen molar-refractivity contribution < 1.29 is 19.1 Å². The molecular weight excluding hydrogens is 448 g/mol. The number of methoxy groups -OCH3 is 1. The largest absolute Gasteiger partial charge is 0.497 e. The molecule has 6 nitrogen and oxygen atoms in total. The highest BCUT2D eigenvalue weighted by atomic mass is 32.1. The molecule has 0 N–H and O–H groups in total. The van der Waals surface area contributed by atoms with Crippen molar-refractivity contribution in [3.63, 3.8) is 0 Å². The van der Waals surface area contributed by atoms with Crippen molar-refractivity contribution in [1.82, 2.24) is 0 Å². The molecule has 0 spiro atoms. The minimum Gasteiger partial charge on any atom is -0.497 e. The number of hydrogen-bond donors (Lipinski definition) is 0. The standard InChI is InChI=1S/C27H22N2O4S/c1-3-16-33-24-18-22(32-2)15-14-19(24)17-23-25(30)28(20-10-6-4-7-11-20)27(34)29(26(23)31)21-12-8-5-9-13-21/h3-15,17-18H,1,16H2,2H3. The Morgan fingerprint density at radius 2 is 1.44 bits per heavy atom. The van der Waals surface area contributed by atoms with Gasteiger partial charge in [-0.15, -0.1) is 0 Å². The lowest BCUT2D eigenvalue weighted by Crippen LogP contribution is -2.56. The summed E-state index contributed by atoms with van der Waals surface area (Å²) < 4.78 is 11.1. The molecule has 0 unspecified atom stereocenters. The van der Waals surface area contributed by atoms with Crippen LogP contribution in [0.4, 0.5) is 11.4 Å². The highest BCUT2D eigenvalue weighted by Crippen LogP contribution is 2.32. The van der Waals surface area contributed by atoms with E-state index >= 15 is 0 Å². The van der Waals surface area contributed by atoms with E-state index in [-0.39, 0.29) is 17.3 Å². The number of rotatable bonds is 7. The van der Waals surface area contributed by atoms with Crippen molar-refractivity contribution in [2.75, 3.05) is 23.5 Å². The molecule has 0 radical (unpaired) electrons. The zero-order valence-corrected chi connectivity index (χ0v) is 19.3. The van der Waals surface area contributed by atoms with E-state index < -0.39 is 11.8 Å². The quantitative estimate of drug-likeness (QED) is 0.210. The summed E-state index contributed by atoms with van der Waals surface area (Å²) in [5, 5.41) is 0.0856. The van der Waals surface area contributed by atoms with Crippen LogP contribution in [0, 0.1) is 0 Å². The van der Waals surface area contributed by atoms with E-state index in [2.05, 4.69) is 6.58 Å². The molecule has 1 saturated heterocycles. The molecule has 1 heterocycles. The summed E-state index contributed by atoms with van der Waals surface area (Å²) in [6, 6.07) is 23.2. The summed E-state index contributed by atoms with van der Waals surface area (Å²) in [6.07, 6.45) is 3.14. The second kappa shape index (κ2) is 10.1. The van der Waals surface area contributed by atoms with Crippen LogP contribution in [-0.2, 0) is 9.59 Å². The van der Waals surface area contributed by atoms with E-state index in [9.17, 15) is 9.59 Å². The van der Waals surface area contributed by atoms with Gasteiger partial charge in [-0.05, 0) is 54.7 Å². The number of carbonyl (C=O) groups excluding carboxylic acids is 2. The predicted octanol–water partition coefficient (Wildman–Crippen LogP) is 5.01. The van der Waals surface area contributed by atoms with Crippen molar-refractivity contribution in [2.24, 2.45) is 0 Å². The first-order chi connectivity index (χ1) is 16.5. The Morgan fingerprint density at radius 3 is 1.94 bits per heavy atom.